The Bertz CT molecular complexity index is 949. The van der Waals surface area contributed by atoms with E-state index in [-0.39, 0.29) is 19.6 Å². The summed E-state index contributed by atoms with van der Waals surface area (Å²) in [6, 6.07) is 0. The minimum absolute atomic E-state index is 0.0180. The van der Waals surface area contributed by atoms with E-state index >= 15 is 0 Å². The summed E-state index contributed by atoms with van der Waals surface area (Å²) < 4.78 is 34.0. The highest BCUT2D eigenvalue weighted by atomic mass is 31.2. The van der Waals surface area contributed by atoms with Gasteiger partial charge in [0.25, 0.3) is 0 Å². The summed E-state index contributed by atoms with van der Waals surface area (Å²) in [5, 5.41) is 0. The van der Waals surface area contributed by atoms with Crippen molar-refractivity contribution in [1.82, 2.24) is 0 Å². The van der Waals surface area contributed by atoms with Crippen LogP contribution in [0.25, 0.3) is 0 Å². The van der Waals surface area contributed by atoms with Crippen molar-refractivity contribution < 1.29 is 42.1 Å². The monoisotopic (exact) mass is 759 g/mol. The van der Waals surface area contributed by atoms with Gasteiger partial charge in [-0.25, -0.2) is 9.36 Å². The minimum Gasteiger partial charge on any atom is -0.462 e. The molecule has 0 aliphatic carbocycles. The number of rotatable bonds is 38. The fraction of sp³-hybridized carbons (Fsp3) is 0.857. The first kappa shape index (κ1) is 50.5. The third-order valence-electron chi connectivity index (χ3n) is 9.09. The maximum Gasteiger partial charge on any atom is 0.472 e. The summed E-state index contributed by atoms with van der Waals surface area (Å²) in [4.78, 5) is 35.1. The van der Waals surface area contributed by atoms with E-state index in [1.54, 1.807) is 6.08 Å². The van der Waals surface area contributed by atoms with Gasteiger partial charge in [0.1, 0.15) is 19.8 Å². The summed E-state index contributed by atoms with van der Waals surface area (Å²) in [6.07, 6.45) is 37.1. The molecule has 0 saturated carbocycles. The first-order valence-corrected chi connectivity index (χ1v) is 22.6. The molecule has 0 aromatic rings. The van der Waals surface area contributed by atoms with Gasteiger partial charge in [0, 0.05) is 12.5 Å². The maximum absolute atomic E-state index is 12.5. The smallest absolute Gasteiger partial charge is 0.462 e. The van der Waals surface area contributed by atoms with E-state index in [1.165, 1.54) is 134 Å². The lowest BCUT2D eigenvalue weighted by Crippen LogP contribution is -2.37. The quantitative estimate of drug-likeness (QED) is 0.0166. The molecule has 0 fully saturated rings. The van der Waals surface area contributed by atoms with E-state index < -0.39 is 32.5 Å². The number of hydrogen-bond donors (Lipinski definition) is 1. The largest absolute Gasteiger partial charge is 0.472 e. The Kier molecular flexibility index (Phi) is 34.2. The minimum atomic E-state index is -4.39. The molecule has 0 heterocycles. The predicted octanol–water partition coefficient (Wildman–Crippen LogP) is 11.6. The van der Waals surface area contributed by atoms with Crippen LogP contribution >= 0.6 is 7.82 Å². The third kappa shape index (κ3) is 38.2. The van der Waals surface area contributed by atoms with E-state index in [9.17, 15) is 19.0 Å². The van der Waals surface area contributed by atoms with Crippen LogP contribution in [0.4, 0.5) is 0 Å². The van der Waals surface area contributed by atoms with Crippen LogP contribution in [-0.4, -0.2) is 74.9 Å². The number of carbonyl (C=O) groups is 2. The molecule has 2 unspecified atom stereocenters. The number of quaternary nitrogens is 1. The maximum atomic E-state index is 12.5. The standard InChI is InChI=1S/C42H80NO8P/c1-6-8-10-12-14-16-18-20-21-23-25-27-29-31-33-35-42(45)51-40(39-50-52(46,47)49-37-36-43(3,4)5)38-48-41(44)34-32-30-28-26-24-22-19-17-15-13-11-9-7-2/h29,31,33,35,40H,6-28,30,32,34,36-39H2,1-5H3/p+1/b31-29-,35-33-. The van der Waals surface area contributed by atoms with Crippen molar-refractivity contribution in [2.24, 2.45) is 0 Å². The summed E-state index contributed by atoms with van der Waals surface area (Å²) >= 11 is 0. The van der Waals surface area contributed by atoms with E-state index in [0.29, 0.717) is 11.0 Å². The fourth-order valence-corrected chi connectivity index (χ4v) is 6.49. The Morgan fingerprint density at radius 3 is 1.58 bits per heavy atom. The zero-order valence-corrected chi connectivity index (χ0v) is 35.2. The molecular weight excluding hydrogens is 677 g/mol. The first-order chi connectivity index (χ1) is 25.0. The normalized spacial score (nSPS) is 13.9. The van der Waals surface area contributed by atoms with Crippen molar-refractivity contribution >= 4 is 19.8 Å². The number of esters is 2. The second-order valence-electron chi connectivity index (χ2n) is 15.5. The molecule has 0 aliphatic heterocycles. The number of allylic oxidation sites excluding steroid dienone is 3. The van der Waals surface area contributed by atoms with Crippen molar-refractivity contribution in [2.45, 2.75) is 187 Å². The Hall–Kier alpha value is -1.51. The fourth-order valence-electron chi connectivity index (χ4n) is 5.74. The third-order valence-corrected chi connectivity index (χ3v) is 10.1. The van der Waals surface area contributed by atoms with Gasteiger partial charge in [0.2, 0.25) is 0 Å². The Morgan fingerprint density at radius 2 is 1.10 bits per heavy atom. The highest BCUT2D eigenvalue weighted by Gasteiger charge is 2.26. The van der Waals surface area contributed by atoms with Crippen LogP contribution in [0.2, 0.25) is 0 Å². The highest BCUT2D eigenvalue weighted by molar-refractivity contribution is 7.47. The number of phosphoric acid groups is 1. The second kappa shape index (κ2) is 35.2. The number of phosphoric ester groups is 1. The Balaban J connectivity index is 4.48. The van der Waals surface area contributed by atoms with Crippen LogP contribution in [0.1, 0.15) is 181 Å². The average Bonchev–Trinajstić information content (AvgIpc) is 3.09. The van der Waals surface area contributed by atoms with Crippen LogP contribution in [0, 0.1) is 0 Å². The molecule has 0 bridgehead atoms. The van der Waals surface area contributed by atoms with Gasteiger partial charge >= 0.3 is 19.8 Å². The van der Waals surface area contributed by atoms with Gasteiger partial charge in [-0.15, -0.1) is 0 Å². The molecule has 0 radical (unpaired) electrons. The molecule has 10 heteroatoms. The van der Waals surface area contributed by atoms with Crippen LogP contribution in [-0.2, 0) is 32.7 Å². The van der Waals surface area contributed by atoms with Gasteiger partial charge < -0.3 is 18.9 Å². The molecule has 306 valence electrons. The van der Waals surface area contributed by atoms with Gasteiger partial charge in [-0.05, 0) is 19.3 Å². The molecule has 0 amide bonds. The number of carbonyl (C=O) groups excluding carboxylic acids is 2. The van der Waals surface area contributed by atoms with E-state index in [4.69, 9.17) is 18.5 Å². The lowest BCUT2D eigenvalue weighted by Gasteiger charge is -2.24. The van der Waals surface area contributed by atoms with Crippen LogP contribution < -0.4 is 0 Å². The molecule has 9 nitrogen and oxygen atoms in total. The summed E-state index contributed by atoms with van der Waals surface area (Å²) in [6.45, 7) is 4.30. The Morgan fingerprint density at radius 1 is 0.635 bits per heavy atom. The van der Waals surface area contributed by atoms with Gasteiger partial charge in [-0.3, -0.25) is 13.8 Å². The molecule has 0 aromatic heterocycles. The predicted molar refractivity (Wildman–Crippen MR) is 215 cm³/mol. The van der Waals surface area contributed by atoms with Gasteiger partial charge in [0.15, 0.2) is 6.10 Å². The number of nitrogens with zero attached hydrogens (tertiary/aromatic N) is 1. The average molecular weight is 759 g/mol. The van der Waals surface area contributed by atoms with Crippen molar-refractivity contribution in [3.05, 3.63) is 24.3 Å². The lowest BCUT2D eigenvalue weighted by molar-refractivity contribution is -0.870. The summed E-state index contributed by atoms with van der Waals surface area (Å²) in [5.41, 5.74) is 0. The molecule has 0 aromatic carbocycles. The molecule has 0 saturated heterocycles. The van der Waals surface area contributed by atoms with Crippen LogP contribution in [0.5, 0.6) is 0 Å². The number of unbranched alkanes of at least 4 members (excludes halogenated alkanes) is 23. The van der Waals surface area contributed by atoms with Crippen molar-refractivity contribution in [3.8, 4) is 0 Å². The number of hydrogen-bond acceptors (Lipinski definition) is 7. The molecule has 0 aliphatic rings. The van der Waals surface area contributed by atoms with Crippen molar-refractivity contribution in [1.29, 1.82) is 0 Å². The molecular formula is C42H81NO8P+. The van der Waals surface area contributed by atoms with E-state index in [1.807, 2.05) is 33.3 Å². The SMILES string of the molecule is CCCCCCCCCCCCC/C=C\C=C/C(=O)OC(COC(=O)CCCCCCCCCCCCCCC)COP(=O)(O)OCC[N+](C)(C)C. The topological polar surface area (TPSA) is 108 Å². The molecule has 0 spiro atoms. The van der Waals surface area contributed by atoms with E-state index in [0.717, 1.165) is 32.1 Å². The van der Waals surface area contributed by atoms with Crippen LogP contribution in [0.15, 0.2) is 24.3 Å². The highest BCUT2D eigenvalue weighted by Crippen LogP contribution is 2.43. The molecule has 0 rings (SSSR count). The second-order valence-corrected chi connectivity index (χ2v) is 16.9. The van der Waals surface area contributed by atoms with Gasteiger partial charge in [-0.2, -0.15) is 0 Å². The summed E-state index contributed by atoms with van der Waals surface area (Å²) in [7, 11) is 1.43. The molecule has 52 heavy (non-hydrogen) atoms. The zero-order chi connectivity index (χ0) is 38.6. The summed E-state index contributed by atoms with van der Waals surface area (Å²) in [5.74, 6) is -1.05. The number of likely N-dealkylation sites (N-methyl/N-ethyl adjacent to an activating group) is 1. The van der Waals surface area contributed by atoms with Crippen molar-refractivity contribution in [3.63, 3.8) is 0 Å². The Labute approximate surface area is 319 Å². The lowest BCUT2D eigenvalue weighted by atomic mass is 10.0. The van der Waals surface area contributed by atoms with Gasteiger partial charge in [-0.1, -0.05) is 173 Å². The molecule has 2 atom stereocenters. The molecule has 1 N–H and O–H groups in total. The van der Waals surface area contributed by atoms with E-state index in [2.05, 4.69) is 13.8 Å². The van der Waals surface area contributed by atoms with Gasteiger partial charge in [0.05, 0.1) is 27.7 Å². The van der Waals surface area contributed by atoms with Crippen LogP contribution in [0.3, 0.4) is 0 Å². The zero-order valence-electron chi connectivity index (χ0n) is 34.3. The van der Waals surface area contributed by atoms with Crippen molar-refractivity contribution in [2.75, 3.05) is 47.5 Å². The first-order valence-electron chi connectivity index (χ1n) is 21.1. The number of ether oxygens (including phenoxy) is 2.